The van der Waals surface area contributed by atoms with Crippen LogP contribution in [-0.4, -0.2) is 44.3 Å². The van der Waals surface area contributed by atoms with Crippen LogP contribution in [0.1, 0.15) is 68.1 Å². The molecular formula is C16H25N3O3. The molecule has 0 aliphatic carbocycles. The molecule has 0 saturated carbocycles. The van der Waals surface area contributed by atoms with Crippen LogP contribution in [-0.2, 0) is 11.8 Å². The van der Waals surface area contributed by atoms with E-state index in [9.17, 15) is 9.59 Å². The zero-order chi connectivity index (χ0) is 16.3. The van der Waals surface area contributed by atoms with Gasteiger partial charge in [0.2, 0.25) is 0 Å². The highest BCUT2D eigenvalue weighted by atomic mass is 16.4. The number of piperidine rings is 1. The van der Waals surface area contributed by atoms with Crippen molar-refractivity contribution in [1.82, 2.24) is 14.7 Å². The lowest BCUT2D eigenvalue weighted by Gasteiger charge is -2.35. The lowest BCUT2D eigenvalue weighted by molar-refractivity contribution is -0.137. The Morgan fingerprint density at radius 3 is 2.73 bits per heavy atom. The van der Waals surface area contributed by atoms with E-state index in [1.54, 1.807) is 4.68 Å². The highest BCUT2D eigenvalue weighted by Crippen LogP contribution is 2.24. The fourth-order valence-electron chi connectivity index (χ4n) is 3.13. The van der Waals surface area contributed by atoms with E-state index in [-0.39, 0.29) is 18.4 Å². The van der Waals surface area contributed by atoms with Gasteiger partial charge in [-0.3, -0.25) is 14.3 Å². The smallest absolute Gasteiger partial charge is 0.303 e. The maximum atomic E-state index is 12.7. The van der Waals surface area contributed by atoms with Crippen LogP contribution in [0.15, 0.2) is 6.07 Å². The summed E-state index contributed by atoms with van der Waals surface area (Å²) in [5.74, 6) is -0.571. The first kappa shape index (κ1) is 16.5. The van der Waals surface area contributed by atoms with Crippen LogP contribution in [0, 0.1) is 0 Å². The number of aromatic nitrogens is 2. The van der Waals surface area contributed by atoms with E-state index in [2.05, 4.69) is 18.9 Å². The van der Waals surface area contributed by atoms with Gasteiger partial charge in [0.1, 0.15) is 0 Å². The molecule has 0 spiro atoms. The van der Waals surface area contributed by atoms with Gasteiger partial charge in [-0.25, -0.2) is 0 Å². The molecule has 0 aromatic carbocycles. The van der Waals surface area contributed by atoms with E-state index in [1.165, 1.54) is 0 Å². The Morgan fingerprint density at radius 1 is 1.41 bits per heavy atom. The van der Waals surface area contributed by atoms with Crippen LogP contribution in [0.4, 0.5) is 0 Å². The second kappa shape index (κ2) is 6.94. The molecule has 1 aliphatic rings. The third-order valence-electron chi connectivity index (χ3n) is 4.31. The normalized spacial score (nSPS) is 18.7. The lowest BCUT2D eigenvalue weighted by atomic mass is 9.97. The summed E-state index contributed by atoms with van der Waals surface area (Å²) in [5, 5.41) is 13.2. The molecule has 1 amide bonds. The first-order valence-electron chi connectivity index (χ1n) is 7.97. The number of amides is 1. The van der Waals surface area contributed by atoms with Gasteiger partial charge in [-0.15, -0.1) is 0 Å². The number of carbonyl (C=O) groups excluding carboxylic acids is 1. The van der Waals surface area contributed by atoms with Crippen LogP contribution in [0.25, 0.3) is 0 Å². The molecule has 2 rings (SSSR count). The van der Waals surface area contributed by atoms with Gasteiger partial charge in [0.05, 0.1) is 0 Å². The van der Waals surface area contributed by atoms with Crippen LogP contribution < -0.4 is 0 Å². The summed E-state index contributed by atoms with van der Waals surface area (Å²) in [4.78, 5) is 25.4. The molecule has 122 valence electrons. The average Bonchev–Trinajstić information content (AvgIpc) is 2.87. The first-order chi connectivity index (χ1) is 10.4. The summed E-state index contributed by atoms with van der Waals surface area (Å²) >= 11 is 0. The number of hydrogen-bond donors (Lipinski definition) is 1. The number of aliphatic carboxylic acids is 1. The Hall–Kier alpha value is -1.85. The van der Waals surface area contributed by atoms with Gasteiger partial charge >= 0.3 is 5.97 Å². The fourth-order valence-corrected chi connectivity index (χ4v) is 3.13. The standard InChI is InChI=1S/C16H25N3O3/c1-11(2)14-10-13(17-18(14)3)16(22)19-9-5-4-6-12(19)7-8-15(20)21/h10-12H,4-9H2,1-3H3,(H,20,21)/t12-/m1/s1. The summed E-state index contributed by atoms with van der Waals surface area (Å²) in [7, 11) is 1.85. The van der Waals surface area contributed by atoms with E-state index in [1.807, 2.05) is 18.0 Å². The van der Waals surface area contributed by atoms with Crippen molar-refractivity contribution in [2.24, 2.45) is 7.05 Å². The predicted molar refractivity (Wildman–Crippen MR) is 82.8 cm³/mol. The Bertz CT molecular complexity index is 551. The zero-order valence-corrected chi connectivity index (χ0v) is 13.6. The molecule has 6 heteroatoms. The maximum Gasteiger partial charge on any atom is 0.303 e. The molecule has 6 nitrogen and oxygen atoms in total. The molecule has 1 atom stereocenters. The summed E-state index contributed by atoms with van der Waals surface area (Å²) in [5.41, 5.74) is 1.50. The lowest BCUT2D eigenvalue weighted by Crippen LogP contribution is -2.44. The number of hydrogen-bond acceptors (Lipinski definition) is 3. The topological polar surface area (TPSA) is 75.4 Å². The van der Waals surface area contributed by atoms with Gasteiger partial charge in [0.25, 0.3) is 5.91 Å². The largest absolute Gasteiger partial charge is 0.481 e. The first-order valence-corrected chi connectivity index (χ1v) is 7.97. The predicted octanol–water partition coefficient (Wildman–Crippen LogP) is 2.40. The minimum Gasteiger partial charge on any atom is -0.481 e. The van der Waals surface area contributed by atoms with Gasteiger partial charge in [0, 0.05) is 31.7 Å². The van der Waals surface area contributed by atoms with Crippen molar-refractivity contribution in [3.8, 4) is 0 Å². The molecule has 1 aliphatic heterocycles. The van der Waals surface area contributed by atoms with Gasteiger partial charge in [-0.05, 0) is 37.7 Å². The molecule has 0 bridgehead atoms. The Morgan fingerprint density at radius 2 is 2.14 bits per heavy atom. The van der Waals surface area contributed by atoms with Crippen molar-refractivity contribution in [1.29, 1.82) is 0 Å². The van der Waals surface area contributed by atoms with Gasteiger partial charge in [-0.2, -0.15) is 5.10 Å². The van der Waals surface area contributed by atoms with Gasteiger partial charge in [-0.1, -0.05) is 13.8 Å². The monoisotopic (exact) mass is 307 g/mol. The molecule has 0 unspecified atom stereocenters. The van der Waals surface area contributed by atoms with Crippen molar-refractivity contribution in [2.75, 3.05) is 6.54 Å². The molecule has 1 aromatic heterocycles. The van der Waals surface area contributed by atoms with Gasteiger partial charge in [0.15, 0.2) is 5.69 Å². The van der Waals surface area contributed by atoms with Crippen molar-refractivity contribution in [3.05, 3.63) is 17.5 Å². The fraction of sp³-hybridized carbons (Fsp3) is 0.688. The van der Waals surface area contributed by atoms with E-state index in [0.717, 1.165) is 25.0 Å². The van der Waals surface area contributed by atoms with Crippen LogP contribution in [0.3, 0.4) is 0 Å². The van der Waals surface area contributed by atoms with E-state index in [0.29, 0.717) is 24.6 Å². The number of carboxylic acids is 1. The number of rotatable bonds is 5. The Labute approximate surface area is 131 Å². The summed E-state index contributed by atoms with van der Waals surface area (Å²) < 4.78 is 1.76. The zero-order valence-electron chi connectivity index (χ0n) is 13.6. The van der Waals surface area contributed by atoms with Crippen LogP contribution in [0.2, 0.25) is 0 Å². The number of carboxylic acid groups (broad SMARTS) is 1. The van der Waals surface area contributed by atoms with Crippen LogP contribution >= 0.6 is 0 Å². The molecule has 22 heavy (non-hydrogen) atoms. The number of nitrogens with zero attached hydrogens (tertiary/aromatic N) is 3. The van der Waals surface area contributed by atoms with E-state index < -0.39 is 5.97 Å². The third kappa shape index (κ3) is 3.67. The second-order valence-electron chi connectivity index (χ2n) is 6.31. The minimum atomic E-state index is -0.807. The minimum absolute atomic E-state index is 0.0156. The van der Waals surface area contributed by atoms with Crippen molar-refractivity contribution in [3.63, 3.8) is 0 Å². The summed E-state index contributed by atoms with van der Waals surface area (Å²) in [6.07, 6.45) is 3.52. The molecule has 1 saturated heterocycles. The summed E-state index contributed by atoms with van der Waals surface area (Å²) in [6.45, 7) is 4.83. The third-order valence-corrected chi connectivity index (χ3v) is 4.31. The van der Waals surface area contributed by atoms with Crippen molar-refractivity contribution in [2.45, 2.75) is 57.9 Å². The number of likely N-dealkylation sites (tertiary alicyclic amines) is 1. The van der Waals surface area contributed by atoms with Crippen molar-refractivity contribution < 1.29 is 14.7 Å². The molecular weight excluding hydrogens is 282 g/mol. The molecule has 1 N–H and O–H groups in total. The van der Waals surface area contributed by atoms with Crippen LogP contribution in [0.5, 0.6) is 0 Å². The molecule has 0 radical (unpaired) electrons. The Kier molecular flexibility index (Phi) is 5.21. The van der Waals surface area contributed by atoms with Gasteiger partial charge < -0.3 is 10.0 Å². The van der Waals surface area contributed by atoms with Crippen molar-refractivity contribution >= 4 is 11.9 Å². The van der Waals surface area contributed by atoms with E-state index >= 15 is 0 Å². The second-order valence-corrected chi connectivity index (χ2v) is 6.31. The molecule has 2 heterocycles. The summed E-state index contributed by atoms with van der Waals surface area (Å²) in [6, 6.07) is 1.87. The Balaban J connectivity index is 2.14. The highest BCUT2D eigenvalue weighted by Gasteiger charge is 2.29. The average molecular weight is 307 g/mol. The van der Waals surface area contributed by atoms with E-state index in [4.69, 9.17) is 5.11 Å². The maximum absolute atomic E-state index is 12.7. The SMILES string of the molecule is CC(C)c1cc(C(=O)N2CCCC[C@@H]2CCC(=O)O)nn1C. The quantitative estimate of drug-likeness (QED) is 0.906. The number of aryl methyl sites for hydroxylation is 1. The highest BCUT2D eigenvalue weighted by molar-refractivity contribution is 5.92. The molecule has 1 aromatic rings. The molecule has 1 fully saturated rings. The number of carbonyl (C=O) groups is 2.